The average molecular weight is 193 g/mol. The Balaban J connectivity index is 2.12. The Hall–Kier alpha value is -0.830. The summed E-state index contributed by atoms with van der Waals surface area (Å²) in [5, 5.41) is 4.46. The van der Waals surface area contributed by atoms with Gasteiger partial charge in [0.1, 0.15) is 0 Å². The lowest BCUT2D eigenvalue weighted by molar-refractivity contribution is 0.210. The quantitative estimate of drug-likeness (QED) is 0.677. The molecule has 2 rings (SSSR count). The van der Waals surface area contributed by atoms with Crippen LogP contribution in [0.1, 0.15) is 30.1 Å². The van der Waals surface area contributed by atoms with Crippen LogP contribution in [-0.2, 0) is 0 Å². The van der Waals surface area contributed by atoms with Crippen LogP contribution in [0.5, 0.6) is 0 Å². The van der Waals surface area contributed by atoms with Gasteiger partial charge in [0.15, 0.2) is 0 Å². The van der Waals surface area contributed by atoms with Crippen LogP contribution in [-0.4, -0.2) is 34.8 Å². The molecule has 0 atom stereocenters. The molecule has 0 radical (unpaired) electrons. The summed E-state index contributed by atoms with van der Waals surface area (Å²) in [4.78, 5) is 2.39. The van der Waals surface area contributed by atoms with E-state index in [0.29, 0.717) is 6.04 Å². The smallest absolute Gasteiger partial charge is 0.0546 e. The number of aryl methyl sites for hydroxylation is 1. The summed E-state index contributed by atoms with van der Waals surface area (Å²) in [7, 11) is 2.19. The van der Waals surface area contributed by atoms with Crippen LogP contribution in [0.4, 0.5) is 0 Å². The Kier molecular flexibility index (Phi) is 2.59. The van der Waals surface area contributed by atoms with Crippen LogP contribution in [0.3, 0.4) is 0 Å². The molecule has 78 valence electrons. The molecule has 0 amide bonds. The van der Waals surface area contributed by atoms with Crippen molar-refractivity contribution in [2.45, 2.75) is 32.7 Å². The fourth-order valence-corrected chi connectivity index (χ4v) is 2.12. The first-order chi connectivity index (χ1) is 6.68. The molecule has 1 aromatic heterocycles. The molecule has 3 nitrogen and oxygen atoms in total. The van der Waals surface area contributed by atoms with Gasteiger partial charge >= 0.3 is 0 Å². The lowest BCUT2D eigenvalue weighted by Crippen LogP contribution is -2.32. The predicted molar refractivity (Wildman–Crippen MR) is 57.5 cm³/mol. The summed E-state index contributed by atoms with van der Waals surface area (Å²) in [6.07, 6.45) is 4.45. The van der Waals surface area contributed by atoms with E-state index in [2.05, 4.69) is 35.6 Å². The van der Waals surface area contributed by atoms with Crippen molar-refractivity contribution < 1.29 is 0 Å². The standard InChI is InChI=1S/C11H19N3/c1-9-8-12-14(10(9)2)11-4-6-13(3)7-5-11/h8,11H,4-7H2,1-3H3. The normalized spacial score (nSPS) is 20.2. The van der Waals surface area contributed by atoms with E-state index in [1.165, 1.54) is 37.2 Å². The van der Waals surface area contributed by atoms with E-state index >= 15 is 0 Å². The van der Waals surface area contributed by atoms with Crippen molar-refractivity contribution in [2.75, 3.05) is 20.1 Å². The minimum atomic E-state index is 0.625. The van der Waals surface area contributed by atoms with Gasteiger partial charge in [-0.15, -0.1) is 0 Å². The lowest BCUT2D eigenvalue weighted by Gasteiger charge is -2.29. The van der Waals surface area contributed by atoms with E-state index in [4.69, 9.17) is 0 Å². The third-order valence-electron chi connectivity index (χ3n) is 3.32. The molecular weight excluding hydrogens is 174 g/mol. The van der Waals surface area contributed by atoms with E-state index in [-0.39, 0.29) is 0 Å². The highest BCUT2D eigenvalue weighted by atomic mass is 15.3. The zero-order chi connectivity index (χ0) is 10.1. The van der Waals surface area contributed by atoms with E-state index in [1.54, 1.807) is 0 Å². The summed E-state index contributed by atoms with van der Waals surface area (Å²) >= 11 is 0. The van der Waals surface area contributed by atoms with Gasteiger partial charge in [-0.25, -0.2) is 0 Å². The van der Waals surface area contributed by atoms with Crippen molar-refractivity contribution in [1.29, 1.82) is 0 Å². The monoisotopic (exact) mass is 193 g/mol. The van der Waals surface area contributed by atoms with Gasteiger partial charge < -0.3 is 4.90 Å². The molecule has 1 aliphatic heterocycles. The molecule has 0 aliphatic carbocycles. The van der Waals surface area contributed by atoms with Crippen molar-refractivity contribution >= 4 is 0 Å². The molecule has 0 unspecified atom stereocenters. The van der Waals surface area contributed by atoms with Crippen molar-refractivity contribution in [1.82, 2.24) is 14.7 Å². The van der Waals surface area contributed by atoms with E-state index < -0.39 is 0 Å². The highest BCUT2D eigenvalue weighted by Crippen LogP contribution is 2.23. The minimum Gasteiger partial charge on any atom is -0.306 e. The van der Waals surface area contributed by atoms with Crippen molar-refractivity contribution in [3.05, 3.63) is 17.5 Å². The largest absolute Gasteiger partial charge is 0.306 e. The maximum absolute atomic E-state index is 4.46. The Labute approximate surface area is 85.7 Å². The predicted octanol–water partition coefficient (Wildman–Crippen LogP) is 1.77. The first kappa shape index (κ1) is 9.71. The third kappa shape index (κ3) is 1.69. The minimum absolute atomic E-state index is 0.625. The van der Waals surface area contributed by atoms with Crippen molar-refractivity contribution in [3.63, 3.8) is 0 Å². The maximum atomic E-state index is 4.46. The van der Waals surface area contributed by atoms with Crippen LogP contribution in [0.2, 0.25) is 0 Å². The van der Waals surface area contributed by atoms with Gasteiger partial charge in [-0.1, -0.05) is 0 Å². The fraction of sp³-hybridized carbons (Fsp3) is 0.727. The van der Waals surface area contributed by atoms with Gasteiger partial charge in [-0.2, -0.15) is 5.10 Å². The second kappa shape index (κ2) is 3.73. The number of rotatable bonds is 1. The Bertz CT molecular complexity index is 308. The molecule has 1 saturated heterocycles. The molecule has 3 heteroatoms. The first-order valence-electron chi connectivity index (χ1n) is 5.37. The van der Waals surface area contributed by atoms with Gasteiger partial charge in [-0.05, 0) is 52.4 Å². The van der Waals surface area contributed by atoms with Gasteiger partial charge in [0.25, 0.3) is 0 Å². The van der Waals surface area contributed by atoms with Crippen LogP contribution in [0, 0.1) is 13.8 Å². The SMILES string of the molecule is Cc1cnn(C2CCN(C)CC2)c1C. The molecule has 0 N–H and O–H groups in total. The summed E-state index contributed by atoms with van der Waals surface area (Å²) in [5.41, 5.74) is 2.64. The van der Waals surface area contributed by atoms with Crippen molar-refractivity contribution in [3.8, 4) is 0 Å². The molecule has 0 spiro atoms. The van der Waals surface area contributed by atoms with Gasteiger partial charge in [0.05, 0.1) is 12.2 Å². The number of piperidine rings is 1. The van der Waals surface area contributed by atoms with Gasteiger partial charge in [0, 0.05) is 5.69 Å². The van der Waals surface area contributed by atoms with Crippen LogP contribution >= 0.6 is 0 Å². The Morgan fingerprint density at radius 1 is 1.29 bits per heavy atom. The van der Waals surface area contributed by atoms with Gasteiger partial charge in [0.2, 0.25) is 0 Å². The van der Waals surface area contributed by atoms with E-state index in [0.717, 1.165) is 0 Å². The Morgan fingerprint density at radius 3 is 2.43 bits per heavy atom. The molecular formula is C11H19N3. The number of hydrogen-bond donors (Lipinski definition) is 0. The molecule has 14 heavy (non-hydrogen) atoms. The fourth-order valence-electron chi connectivity index (χ4n) is 2.12. The average Bonchev–Trinajstić information content (AvgIpc) is 2.50. The highest BCUT2D eigenvalue weighted by molar-refractivity contribution is 5.14. The summed E-state index contributed by atoms with van der Waals surface area (Å²) in [5.74, 6) is 0. The lowest BCUT2D eigenvalue weighted by atomic mass is 10.1. The highest BCUT2D eigenvalue weighted by Gasteiger charge is 2.20. The molecule has 0 aromatic carbocycles. The number of likely N-dealkylation sites (tertiary alicyclic amines) is 1. The third-order valence-corrected chi connectivity index (χ3v) is 3.32. The van der Waals surface area contributed by atoms with Crippen LogP contribution < -0.4 is 0 Å². The molecule has 2 heterocycles. The molecule has 1 aliphatic rings. The Morgan fingerprint density at radius 2 is 1.93 bits per heavy atom. The molecule has 1 fully saturated rings. The summed E-state index contributed by atoms with van der Waals surface area (Å²) in [6, 6.07) is 0.625. The number of aromatic nitrogens is 2. The molecule has 1 aromatic rings. The second-order valence-electron chi connectivity index (χ2n) is 4.39. The summed E-state index contributed by atoms with van der Waals surface area (Å²) in [6.45, 7) is 6.69. The number of hydrogen-bond acceptors (Lipinski definition) is 2. The van der Waals surface area contributed by atoms with Crippen molar-refractivity contribution in [2.24, 2.45) is 0 Å². The zero-order valence-corrected chi connectivity index (χ0v) is 9.32. The van der Waals surface area contributed by atoms with Gasteiger partial charge in [-0.3, -0.25) is 4.68 Å². The van der Waals surface area contributed by atoms with Crippen LogP contribution in [0.25, 0.3) is 0 Å². The van der Waals surface area contributed by atoms with E-state index in [1.807, 2.05) is 6.20 Å². The molecule has 0 saturated carbocycles. The molecule has 0 bridgehead atoms. The first-order valence-corrected chi connectivity index (χ1v) is 5.37. The zero-order valence-electron chi connectivity index (χ0n) is 9.32. The van der Waals surface area contributed by atoms with Crippen LogP contribution in [0.15, 0.2) is 6.20 Å². The van der Waals surface area contributed by atoms with E-state index in [9.17, 15) is 0 Å². The maximum Gasteiger partial charge on any atom is 0.0546 e. The topological polar surface area (TPSA) is 21.1 Å². The second-order valence-corrected chi connectivity index (χ2v) is 4.39. The number of nitrogens with zero attached hydrogens (tertiary/aromatic N) is 3. The summed E-state index contributed by atoms with van der Waals surface area (Å²) < 4.78 is 2.21.